The molecule has 0 unspecified atom stereocenters. The monoisotopic (exact) mass is 238 g/mol. The molecule has 0 saturated heterocycles. The summed E-state index contributed by atoms with van der Waals surface area (Å²) < 4.78 is 10.1. The highest BCUT2D eigenvalue weighted by Gasteiger charge is 2.17. The second-order valence-corrected chi connectivity index (χ2v) is 4.00. The van der Waals surface area contributed by atoms with E-state index in [2.05, 4.69) is 4.74 Å². The van der Waals surface area contributed by atoms with Crippen LogP contribution in [-0.4, -0.2) is 24.3 Å². The van der Waals surface area contributed by atoms with E-state index in [1.807, 2.05) is 19.9 Å². The van der Waals surface area contributed by atoms with Crippen LogP contribution in [0.5, 0.6) is 5.75 Å². The van der Waals surface area contributed by atoms with Gasteiger partial charge in [0, 0.05) is 5.56 Å². The molecule has 0 aliphatic heterocycles. The van der Waals surface area contributed by atoms with Crippen LogP contribution >= 0.6 is 0 Å². The highest BCUT2D eigenvalue weighted by Crippen LogP contribution is 2.28. The fourth-order valence-corrected chi connectivity index (χ4v) is 1.47. The zero-order valence-electron chi connectivity index (χ0n) is 10.3. The van der Waals surface area contributed by atoms with Gasteiger partial charge in [-0.3, -0.25) is 4.79 Å². The molecular weight excluding hydrogens is 220 g/mol. The second-order valence-electron chi connectivity index (χ2n) is 4.00. The first-order valence-corrected chi connectivity index (χ1v) is 5.55. The number of rotatable bonds is 5. The first-order chi connectivity index (χ1) is 8.04. The first kappa shape index (κ1) is 13.5. The van der Waals surface area contributed by atoms with E-state index in [1.54, 1.807) is 18.2 Å². The van der Waals surface area contributed by atoms with E-state index in [-0.39, 0.29) is 12.5 Å². The normalized spacial score (nSPS) is 12.3. The molecule has 94 valence electrons. The summed E-state index contributed by atoms with van der Waals surface area (Å²) in [5.41, 5.74) is 0.603. The molecule has 1 N–H and O–H groups in total. The third-order valence-electron chi connectivity index (χ3n) is 2.23. The van der Waals surface area contributed by atoms with Crippen molar-refractivity contribution in [2.45, 2.75) is 32.5 Å². The lowest BCUT2D eigenvalue weighted by Gasteiger charge is -2.17. The van der Waals surface area contributed by atoms with Gasteiger partial charge in [0.25, 0.3) is 0 Å². The number of ether oxygens (including phenoxy) is 2. The van der Waals surface area contributed by atoms with E-state index < -0.39 is 12.1 Å². The lowest BCUT2D eigenvalue weighted by Crippen LogP contribution is -2.12. The highest BCUT2D eigenvalue weighted by molar-refractivity contribution is 5.70. The van der Waals surface area contributed by atoms with Gasteiger partial charge in [-0.2, -0.15) is 0 Å². The molecule has 0 bridgehead atoms. The minimum Gasteiger partial charge on any atom is -0.491 e. The number of methoxy groups -OCH3 is 1. The van der Waals surface area contributed by atoms with Crippen LogP contribution in [0.15, 0.2) is 24.3 Å². The number of benzene rings is 1. The number of aliphatic hydroxyl groups excluding tert-OH is 1. The van der Waals surface area contributed by atoms with E-state index in [4.69, 9.17) is 4.74 Å². The van der Waals surface area contributed by atoms with Gasteiger partial charge in [-0.25, -0.2) is 0 Å². The highest BCUT2D eigenvalue weighted by atomic mass is 16.5. The summed E-state index contributed by atoms with van der Waals surface area (Å²) in [6.45, 7) is 3.81. The molecule has 0 aromatic heterocycles. The maximum absolute atomic E-state index is 11.1. The lowest BCUT2D eigenvalue weighted by atomic mass is 10.1. The predicted octanol–water partition coefficient (Wildman–Crippen LogP) is 2.07. The molecule has 0 amide bonds. The smallest absolute Gasteiger partial charge is 0.308 e. The van der Waals surface area contributed by atoms with Gasteiger partial charge in [0.05, 0.1) is 25.7 Å². The van der Waals surface area contributed by atoms with E-state index in [0.29, 0.717) is 11.3 Å². The van der Waals surface area contributed by atoms with Crippen molar-refractivity contribution in [2.75, 3.05) is 7.11 Å². The standard InChI is InChI=1S/C13H18O4/c1-9(2)17-12-7-5-4-6-10(12)11(14)8-13(15)16-3/h4-7,9,11,14H,8H2,1-3H3/t11-/m1/s1. The third-order valence-corrected chi connectivity index (χ3v) is 2.23. The Morgan fingerprint density at radius 1 is 1.35 bits per heavy atom. The first-order valence-electron chi connectivity index (χ1n) is 5.55. The number of hydrogen-bond donors (Lipinski definition) is 1. The maximum atomic E-state index is 11.1. The molecule has 1 rings (SSSR count). The molecule has 0 aliphatic carbocycles. The Hall–Kier alpha value is -1.55. The van der Waals surface area contributed by atoms with Crippen molar-refractivity contribution in [3.8, 4) is 5.75 Å². The van der Waals surface area contributed by atoms with Crippen LogP contribution in [0.4, 0.5) is 0 Å². The predicted molar refractivity (Wildman–Crippen MR) is 63.8 cm³/mol. The van der Waals surface area contributed by atoms with Gasteiger partial charge >= 0.3 is 5.97 Å². The number of carbonyl (C=O) groups is 1. The van der Waals surface area contributed by atoms with Crippen LogP contribution in [-0.2, 0) is 9.53 Å². The average Bonchev–Trinajstić information content (AvgIpc) is 2.28. The van der Waals surface area contributed by atoms with Crippen molar-refractivity contribution in [3.05, 3.63) is 29.8 Å². The molecule has 0 heterocycles. The minimum atomic E-state index is -0.905. The summed E-state index contributed by atoms with van der Waals surface area (Å²) in [4.78, 5) is 11.1. The summed E-state index contributed by atoms with van der Waals surface area (Å²) in [7, 11) is 1.30. The van der Waals surface area contributed by atoms with Gasteiger partial charge in [-0.1, -0.05) is 18.2 Å². The minimum absolute atomic E-state index is 0.0153. The van der Waals surface area contributed by atoms with E-state index in [0.717, 1.165) is 0 Å². The summed E-state index contributed by atoms with van der Waals surface area (Å²) in [6, 6.07) is 7.14. The summed E-state index contributed by atoms with van der Waals surface area (Å²) in [6.07, 6.45) is -0.964. The Balaban J connectivity index is 2.84. The van der Waals surface area contributed by atoms with Crippen LogP contribution in [0.2, 0.25) is 0 Å². The van der Waals surface area contributed by atoms with E-state index in [9.17, 15) is 9.90 Å². The van der Waals surface area contributed by atoms with Crippen LogP contribution in [0.25, 0.3) is 0 Å². The van der Waals surface area contributed by atoms with Crippen molar-refractivity contribution in [2.24, 2.45) is 0 Å². The Morgan fingerprint density at radius 2 is 2.00 bits per heavy atom. The molecule has 1 atom stereocenters. The zero-order chi connectivity index (χ0) is 12.8. The molecule has 0 aliphatic rings. The number of para-hydroxylation sites is 1. The van der Waals surface area contributed by atoms with Crippen molar-refractivity contribution in [1.82, 2.24) is 0 Å². The topological polar surface area (TPSA) is 55.8 Å². The number of esters is 1. The molecule has 17 heavy (non-hydrogen) atoms. The maximum Gasteiger partial charge on any atom is 0.308 e. The Kier molecular flexibility index (Phi) is 4.97. The van der Waals surface area contributed by atoms with Gasteiger partial charge in [-0.05, 0) is 19.9 Å². The Morgan fingerprint density at radius 3 is 2.59 bits per heavy atom. The van der Waals surface area contributed by atoms with Crippen molar-refractivity contribution in [1.29, 1.82) is 0 Å². The van der Waals surface area contributed by atoms with Crippen molar-refractivity contribution in [3.63, 3.8) is 0 Å². The quantitative estimate of drug-likeness (QED) is 0.798. The largest absolute Gasteiger partial charge is 0.491 e. The number of carbonyl (C=O) groups excluding carboxylic acids is 1. The van der Waals surface area contributed by atoms with E-state index >= 15 is 0 Å². The molecule has 0 spiro atoms. The molecule has 0 saturated carbocycles. The fourth-order valence-electron chi connectivity index (χ4n) is 1.47. The third kappa shape index (κ3) is 4.07. The fraction of sp³-hybridized carbons (Fsp3) is 0.462. The molecule has 0 fully saturated rings. The molecule has 1 aromatic carbocycles. The molecule has 4 heteroatoms. The number of aliphatic hydroxyl groups is 1. The van der Waals surface area contributed by atoms with Crippen molar-refractivity contribution < 1.29 is 19.4 Å². The van der Waals surface area contributed by atoms with E-state index in [1.165, 1.54) is 7.11 Å². The van der Waals surface area contributed by atoms with Gasteiger partial charge < -0.3 is 14.6 Å². The van der Waals surface area contributed by atoms with Crippen LogP contribution in [0.1, 0.15) is 31.9 Å². The van der Waals surface area contributed by atoms with Crippen LogP contribution < -0.4 is 4.74 Å². The van der Waals surface area contributed by atoms with Gasteiger partial charge in [0.1, 0.15) is 5.75 Å². The molecule has 0 radical (unpaired) electrons. The van der Waals surface area contributed by atoms with Gasteiger partial charge in [0.2, 0.25) is 0 Å². The summed E-state index contributed by atoms with van der Waals surface area (Å²) in [5, 5.41) is 9.93. The zero-order valence-corrected chi connectivity index (χ0v) is 10.3. The number of hydrogen-bond acceptors (Lipinski definition) is 4. The average molecular weight is 238 g/mol. The van der Waals surface area contributed by atoms with Gasteiger partial charge in [-0.15, -0.1) is 0 Å². The molecular formula is C13H18O4. The van der Waals surface area contributed by atoms with Crippen molar-refractivity contribution >= 4 is 5.97 Å². The van der Waals surface area contributed by atoms with Gasteiger partial charge in [0.15, 0.2) is 0 Å². The summed E-state index contributed by atoms with van der Waals surface area (Å²) >= 11 is 0. The Bertz CT molecular complexity index is 373. The van der Waals surface area contributed by atoms with Crippen LogP contribution in [0, 0.1) is 0 Å². The Labute approximate surface area is 101 Å². The molecule has 4 nitrogen and oxygen atoms in total. The summed E-state index contributed by atoms with van der Waals surface area (Å²) in [5.74, 6) is 0.149. The second kappa shape index (κ2) is 6.25. The van der Waals surface area contributed by atoms with Crippen LogP contribution in [0.3, 0.4) is 0 Å². The molecule has 1 aromatic rings. The lowest BCUT2D eigenvalue weighted by molar-refractivity contribution is -0.142. The SMILES string of the molecule is COC(=O)C[C@@H](O)c1ccccc1OC(C)C.